The van der Waals surface area contributed by atoms with Crippen molar-refractivity contribution >= 4 is 11.6 Å². The minimum absolute atomic E-state index is 0.241. The Kier molecular flexibility index (Phi) is 4.53. The van der Waals surface area contributed by atoms with Crippen LogP contribution in [0.2, 0.25) is 0 Å². The summed E-state index contributed by atoms with van der Waals surface area (Å²) in [7, 11) is 0. The van der Waals surface area contributed by atoms with Crippen LogP contribution in [-0.2, 0) is 4.79 Å². The molecule has 0 bridgehead atoms. The Hall–Kier alpha value is -1.71. The summed E-state index contributed by atoms with van der Waals surface area (Å²) in [5.74, 6) is 0.450. The Morgan fingerprint density at radius 2 is 2.20 bits per heavy atom. The molecule has 1 aromatic rings. The van der Waals surface area contributed by atoms with E-state index in [2.05, 4.69) is 19.2 Å². The summed E-state index contributed by atoms with van der Waals surface area (Å²) < 4.78 is 5.65. The molecule has 1 aliphatic rings. The van der Waals surface area contributed by atoms with E-state index in [0.29, 0.717) is 18.1 Å². The maximum atomic E-state index is 10.8. The predicted molar refractivity (Wildman–Crippen MR) is 80.8 cm³/mol. The molecule has 2 rings (SSSR count). The van der Waals surface area contributed by atoms with E-state index in [9.17, 15) is 4.79 Å². The van der Waals surface area contributed by atoms with Crippen LogP contribution in [0, 0.1) is 5.41 Å². The molecule has 1 amide bonds. The van der Waals surface area contributed by atoms with Crippen molar-refractivity contribution in [2.75, 3.05) is 11.9 Å². The van der Waals surface area contributed by atoms with E-state index in [1.807, 2.05) is 24.3 Å². The van der Waals surface area contributed by atoms with E-state index in [1.54, 1.807) is 0 Å². The SMILES string of the molecule is CC1(C)CCC(Nc2ccccc2OCCC(N)=O)C1. The second-order valence-corrected chi connectivity index (χ2v) is 6.31. The third-order valence-electron chi connectivity index (χ3n) is 3.82. The van der Waals surface area contributed by atoms with Crippen molar-refractivity contribution in [3.8, 4) is 5.75 Å². The van der Waals surface area contributed by atoms with Gasteiger partial charge in [0.15, 0.2) is 0 Å². The van der Waals surface area contributed by atoms with Gasteiger partial charge in [0.2, 0.25) is 5.91 Å². The number of carbonyl (C=O) groups is 1. The lowest BCUT2D eigenvalue weighted by atomic mass is 9.92. The van der Waals surface area contributed by atoms with E-state index in [1.165, 1.54) is 19.3 Å². The fraction of sp³-hybridized carbons (Fsp3) is 0.562. The molecule has 20 heavy (non-hydrogen) atoms. The van der Waals surface area contributed by atoms with Crippen LogP contribution >= 0.6 is 0 Å². The van der Waals surface area contributed by atoms with Gasteiger partial charge < -0.3 is 15.8 Å². The van der Waals surface area contributed by atoms with Gasteiger partial charge in [0.25, 0.3) is 0 Å². The molecule has 3 N–H and O–H groups in total. The topological polar surface area (TPSA) is 64.3 Å². The van der Waals surface area contributed by atoms with Gasteiger partial charge in [-0.15, -0.1) is 0 Å². The number of amides is 1. The first-order valence-electron chi connectivity index (χ1n) is 7.23. The molecule has 1 atom stereocenters. The average molecular weight is 276 g/mol. The summed E-state index contributed by atoms with van der Waals surface area (Å²) in [6.07, 6.45) is 3.84. The number of para-hydroxylation sites is 2. The summed E-state index contributed by atoms with van der Waals surface area (Å²) in [5, 5.41) is 3.56. The van der Waals surface area contributed by atoms with Crippen LogP contribution in [0.1, 0.15) is 39.5 Å². The standard InChI is InChI=1S/C16H24N2O2/c1-16(2)9-7-12(11-16)18-13-5-3-4-6-14(13)20-10-8-15(17)19/h3-6,12,18H,7-11H2,1-2H3,(H2,17,19). The zero-order valence-electron chi connectivity index (χ0n) is 12.3. The average Bonchev–Trinajstić information content (AvgIpc) is 2.70. The molecule has 4 heteroatoms. The van der Waals surface area contributed by atoms with E-state index < -0.39 is 0 Å². The number of primary amides is 1. The first-order chi connectivity index (χ1) is 9.46. The maximum absolute atomic E-state index is 10.8. The van der Waals surface area contributed by atoms with Crippen molar-refractivity contribution in [3.05, 3.63) is 24.3 Å². The zero-order chi connectivity index (χ0) is 14.6. The molecule has 1 aliphatic carbocycles. The number of hydrogen-bond donors (Lipinski definition) is 2. The van der Waals surface area contributed by atoms with E-state index in [-0.39, 0.29) is 12.3 Å². The minimum atomic E-state index is -0.340. The summed E-state index contributed by atoms with van der Waals surface area (Å²) >= 11 is 0. The van der Waals surface area contributed by atoms with E-state index >= 15 is 0 Å². The van der Waals surface area contributed by atoms with Gasteiger partial charge in [-0.2, -0.15) is 0 Å². The van der Waals surface area contributed by atoms with E-state index in [4.69, 9.17) is 10.5 Å². The molecule has 0 saturated heterocycles. The number of nitrogens with one attached hydrogen (secondary N) is 1. The zero-order valence-corrected chi connectivity index (χ0v) is 12.3. The Morgan fingerprint density at radius 1 is 1.45 bits per heavy atom. The molecule has 1 aromatic carbocycles. The van der Waals surface area contributed by atoms with E-state index in [0.717, 1.165) is 11.4 Å². The minimum Gasteiger partial charge on any atom is -0.491 e. The number of carbonyl (C=O) groups excluding carboxylic acids is 1. The number of nitrogens with two attached hydrogens (primary N) is 1. The summed E-state index contributed by atoms with van der Waals surface area (Å²) in [6, 6.07) is 8.35. The van der Waals surface area contributed by atoms with Gasteiger partial charge in [0.05, 0.1) is 18.7 Å². The summed E-state index contributed by atoms with van der Waals surface area (Å²) in [5.41, 5.74) is 6.54. The Bertz CT molecular complexity index is 471. The molecule has 1 fully saturated rings. The second kappa shape index (κ2) is 6.16. The van der Waals surface area contributed by atoms with Gasteiger partial charge >= 0.3 is 0 Å². The van der Waals surface area contributed by atoms with Crippen LogP contribution < -0.4 is 15.8 Å². The van der Waals surface area contributed by atoms with Crippen molar-refractivity contribution in [3.63, 3.8) is 0 Å². The Balaban J connectivity index is 1.95. The van der Waals surface area contributed by atoms with Gasteiger partial charge in [0.1, 0.15) is 5.75 Å². The molecule has 110 valence electrons. The van der Waals surface area contributed by atoms with Gasteiger partial charge in [-0.05, 0) is 36.8 Å². The smallest absolute Gasteiger partial charge is 0.220 e. The number of benzene rings is 1. The molecule has 1 saturated carbocycles. The van der Waals surface area contributed by atoms with Crippen LogP contribution in [0.5, 0.6) is 5.75 Å². The predicted octanol–water partition coefficient (Wildman–Crippen LogP) is 2.93. The summed E-state index contributed by atoms with van der Waals surface area (Å²) in [6.45, 7) is 4.94. The lowest BCUT2D eigenvalue weighted by molar-refractivity contribution is -0.118. The van der Waals surface area contributed by atoms with Gasteiger partial charge in [-0.1, -0.05) is 26.0 Å². The van der Waals surface area contributed by atoms with Crippen molar-refractivity contribution in [1.82, 2.24) is 0 Å². The van der Waals surface area contributed by atoms with Gasteiger partial charge in [0, 0.05) is 6.04 Å². The fourth-order valence-electron chi connectivity index (χ4n) is 2.75. The molecule has 0 radical (unpaired) electrons. The third kappa shape index (κ3) is 4.15. The highest BCUT2D eigenvalue weighted by molar-refractivity contribution is 5.73. The third-order valence-corrected chi connectivity index (χ3v) is 3.82. The molecular formula is C16H24N2O2. The second-order valence-electron chi connectivity index (χ2n) is 6.31. The highest BCUT2D eigenvalue weighted by atomic mass is 16.5. The van der Waals surface area contributed by atoms with Crippen LogP contribution in [0.4, 0.5) is 5.69 Å². The highest BCUT2D eigenvalue weighted by Crippen LogP contribution is 2.39. The van der Waals surface area contributed by atoms with Crippen LogP contribution in [-0.4, -0.2) is 18.6 Å². The van der Waals surface area contributed by atoms with Crippen molar-refractivity contribution in [2.45, 2.75) is 45.6 Å². The number of anilines is 1. The molecular weight excluding hydrogens is 252 g/mol. The molecule has 0 aromatic heterocycles. The largest absolute Gasteiger partial charge is 0.491 e. The van der Waals surface area contributed by atoms with Crippen LogP contribution in [0.15, 0.2) is 24.3 Å². The van der Waals surface area contributed by atoms with Gasteiger partial charge in [-0.25, -0.2) is 0 Å². The molecule has 4 nitrogen and oxygen atoms in total. The van der Waals surface area contributed by atoms with Crippen molar-refractivity contribution in [2.24, 2.45) is 11.1 Å². The first-order valence-corrected chi connectivity index (χ1v) is 7.23. The fourth-order valence-corrected chi connectivity index (χ4v) is 2.75. The van der Waals surface area contributed by atoms with Crippen LogP contribution in [0.3, 0.4) is 0 Å². The first kappa shape index (κ1) is 14.7. The molecule has 0 heterocycles. The lowest BCUT2D eigenvalue weighted by Crippen LogP contribution is -2.19. The van der Waals surface area contributed by atoms with Crippen LogP contribution in [0.25, 0.3) is 0 Å². The summed E-state index contributed by atoms with van der Waals surface area (Å²) in [4.78, 5) is 10.8. The lowest BCUT2D eigenvalue weighted by Gasteiger charge is -2.20. The normalized spacial score (nSPS) is 20.6. The maximum Gasteiger partial charge on any atom is 0.220 e. The monoisotopic (exact) mass is 276 g/mol. The Morgan fingerprint density at radius 3 is 2.85 bits per heavy atom. The number of hydrogen-bond acceptors (Lipinski definition) is 3. The van der Waals surface area contributed by atoms with Gasteiger partial charge in [-0.3, -0.25) is 4.79 Å². The molecule has 0 spiro atoms. The van der Waals surface area contributed by atoms with Crippen molar-refractivity contribution < 1.29 is 9.53 Å². The quantitative estimate of drug-likeness (QED) is 0.839. The highest BCUT2D eigenvalue weighted by Gasteiger charge is 2.31. The molecule has 0 aliphatic heterocycles. The molecule has 1 unspecified atom stereocenters. The van der Waals surface area contributed by atoms with Crippen molar-refractivity contribution in [1.29, 1.82) is 0 Å². The number of rotatable bonds is 6. The Labute approximate surface area is 120 Å². The number of ether oxygens (including phenoxy) is 1.